The molecular weight excluding hydrogens is 445 g/mol. The van der Waals surface area contributed by atoms with Crippen LogP contribution in [0.2, 0.25) is 10.0 Å². The number of thiophene rings is 1. The van der Waals surface area contributed by atoms with Crippen LogP contribution >= 0.6 is 34.5 Å². The van der Waals surface area contributed by atoms with Gasteiger partial charge in [-0.25, -0.2) is 4.79 Å². The molecule has 3 aromatic rings. The quantitative estimate of drug-likeness (QED) is 0.440. The SMILES string of the molecule is COC(=O)c1c(-c2ccc(Cl)cc2)csc1NC(=O)C(C)Oc1ccc(Cl)cc1C. The third-order valence-corrected chi connectivity index (χ3v) is 5.76. The minimum atomic E-state index is -0.795. The highest BCUT2D eigenvalue weighted by Crippen LogP contribution is 2.36. The molecule has 0 bridgehead atoms. The van der Waals surface area contributed by atoms with Gasteiger partial charge in [-0.3, -0.25) is 4.79 Å². The molecule has 30 heavy (non-hydrogen) atoms. The Morgan fingerprint density at radius 1 is 1.07 bits per heavy atom. The lowest BCUT2D eigenvalue weighted by atomic mass is 10.0. The zero-order chi connectivity index (χ0) is 21.8. The molecule has 0 saturated heterocycles. The van der Waals surface area contributed by atoms with Crippen molar-refractivity contribution in [3.05, 3.63) is 69.0 Å². The normalized spacial score (nSPS) is 11.6. The topological polar surface area (TPSA) is 64.6 Å². The van der Waals surface area contributed by atoms with Crippen molar-refractivity contribution in [1.82, 2.24) is 0 Å². The predicted octanol–water partition coefficient (Wildman–Crippen LogP) is 6.22. The number of hydrogen-bond donors (Lipinski definition) is 1. The van der Waals surface area contributed by atoms with Crippen molar-refractivity contribution < 1.29 is 19.1 Å². The average Bonchev–Trinajstić information content (AvgIpc) is 3.13. The molecule has 8 heteroatoms. The highest BCUT2D eigenvalue weighted by Gasteiger charge is 2.24. The first kappa shape index (κ1) is 22.2. The Labute approximate surface area is 188 Å². The first-order valence-corrected chi connectivity index (χ1v) is 10.6. The van der Waals surface area contributed by atoms with Gasteiger partial charge < -0.3 is 14.8 Å². The molecule has 1 aromatic heterocycles. The highest BCUT2D eigenvalue weighted by atomic mass is 35.5. The Bertz CT molecular complexity index is 1080. The maximum absolute atomic E-state index is 12.7. The van der Waals surface area contributed by atoms with Gasteiger partial charge in [-0.1, -0.05) is 35.3 Å². The lowest BCUT2D eigenvalue weighted by Gasteiger charge is -2.16. The molecule has 0 aliphatic rings. The summed E-state index contributed by atoms with van der Waals surface area (Å²) in [7, 11) is 1.30. The monoisotopic (exact) mass is 463 g/mol. The van der Waals surface area contributed by atoms with Gasteiger partial charge in [0.25, 0.3) is 5.91 Å². The van der Waals surface area contributed by atoms with E-state index in [1.165, 1.54) is 18.4 Å². The molecule has 0 radical (unpaired) electrons. The number of ether oxygens (including phenoxy) is 2. The molecule has 0 aliphatic carbocycles. The zero-order valence-corrected chi connectivity index (χ0v) is 18.8. The molecule has 0 spiro atoms. The average molecular weight is 464 g/mol. The number of methoxy groups -OCH3 is 1. The minimum absolute atomic E-state index is 0.285. The number of rotatable bonds is 6. The molecule has 0 saturated carbocycles. The van der Waals surface area contributed by atoms with E-state index in [0.717, 1.165) is 11.1 Å². The van der Waals surface area contributed by atoms with Crippen LogP contribution in [-0.2, 0) is 9.53 Å². The van der Waals surface area contributed by atoms with Crippen LogP contribution in [-0.4, -0.2) is 25.1 Å². The van der Waals surface area contributed by atoms with E-state index in [2.05, 4.69) is 5.32 Å². The van der Waals surface area contributed by atoms with Crippen LogP contribution in [0.15, 0.2) is 47.8 Å². The van der Waals surface area contributed by atoms with Crippen LogP contribution in [0.25, 0.3) is 11.1 Å². The summed E-state index contributed by atoms with van der Waals surface area (Å²) in [5.41, 5.74) is 2.55. The number of carbonyl (C=O) groups is 2. The third-order valence-electron chi connectivity index (χ3n) is 4.38. The molecule has 1 heterocycles. The fraction of sp³-hybridized carbons (Fsp3) is 0.182. The van der Waals surface area contributed by atoms with Crippen molar-refractivity contribution in [2.24, 2.45) is 0 Å². The zero-order valence-electron chi connectivity index (χ0n) is 16.5. The van der Waals surface area contributed by atoms with Crippen molar-refractivity contribution in [3.63, 3.8) is 0 Å². The van der Waals surface area contributed by atoms with Gasteiger partial charge in [-0.15, -0.1) is 11.3 Å². The van der Waals surface area contributed by atoms with Gasteiger partial charge in [0.2, 0.25) is 0 Å². The first-order valence-electron chi connectivity index (χ1n) is 8.99. The van der Waals surface area contributed by atoms with Crippen molar-refractivity contribution >= 4 is 51.4 Å². The Morgan fingerprint density at radius 3 is 2.37 bits per heavy atom. The van der Waals surface area contributed by atoms with Crippen molar-refractivity contribution in [2.75, 3.05) is 12.4 Å². The molecule has 1 unspecified atom stereocenters. The maximum atomic E-state index is 12.7. The van der Waals surface area contributed by atoms with Crippen LogP contribution < -0.4 is 10.1 Å². The van der Waals surface area contributed by atoms with Crippen LogP contribution in [0.5, 0.6) is 5.75 Å². The molecule has 3 rings (SSSR count). The van der Waals surface area contributed by atoms with Crippen LogP contribution in [0.4, 0.5) is 5.00 Å². The Kier molecular flexibility index (Phi) is 7.02. The van der Waals surface area contributed by atoms with Crippen LogP contribution in [0.1, 0.15) is 22.8 Å². The molecule has 1 N–H and O–H groups in total. The number of anilines is 1. The van der Waals surface area contributed by atoms with E-state index in [-0.39, 0.29) is 11.5 Å². The number of esters is 1. The molecule has 156 valence electrons. The van der Waals surface area contributed by atoms with E-state index in [0.29, 0.717) is 26.4 Å². The fourth-order valence-corrected chi connectivity index (χ4v) is 4.11. The standard InChI is InChI=1S/C22H19Cl2NO4S/c1-12-10-16(24)8-9-18(12)29-13(2)20(26)25-21-19(22(27)28-3)17(11-30-21)14-4-6-15(23)7-5-14/h4-11,13H,1-3H3,(H,25,26). The van der Waals surface area contributed by atoms with Crippen molar-refractivity contribution in [3.8, 4) is 16.9 Å². The van der Waals surface area contributed by atoms with Crippen LogP contribution in [0.3, 0.4) is 0 Å². The summed E-state index contributed by atoms with van der Waals surface area (Å²) in [5.74, 6) is -0.374. The lowest BCUT2D eigenvalue weighted by Crippen LogP contribution is -2.30. The van der Waals surface area contributed by atoms with E-state index in [1.54, 1.807) is 54.8 Å². The summed E-state index contributed by atoms with van der Waals surface area (Å²) >= 11 is 13.2. The van der Waals surface area contributed by atoms with E-state index < -0.39 is 12.1 Å². The summed E-state index contributed by atoms with van der Waals surface area (Å²) in [5, 5.41) is 6.14. The van der Waals surface area contributed by atoms with E-state index in [1.807, 2.05) is 6.92 Å². The molecule has 5 nitrogen and oxygen atoms in total. The van der Waals surface area contributed by atoms with Crippen molar-refractivity contribution in [1.29, 1.82) is 0 Å². The summed E-state index contributed by atoms with van der Waals surface area (Å²) in [6, 6.07) is 12.2. The predicted molar refractivity (Wildman–Crippen MR) is 121 cm³/mol. The van der Waals surface area contributed by atoms with Crippen molar-refractivity contribution in [2.45, 2.75) is 20.0 Å². The fourth-order valence-electron chi connectivity index (χ4n) is 2.80. The molecule has 1 amide bonds. The van der Waals surface area contributed by atoms with E-state index in [9.17, 15) is 9.59 Å². The lowest BCUT2D eigenvalue weighted by molar-refractivity contribution is -0.122. The largest absolute Gasteiger partial charge is 0.481 e. The number of benzene rings is 2. The summed E-state index contributed by atoms with van der Waals surface area (Å²) in [6.45, 7) is 3.48. The number of halogens is 2. The highest BCUT2D eigenvalue weighted by molar-refractivity contribution is 7.15. The second-order valence-corrected chi connectivity index (χ2v) is 8.26. The maximum Gasteiger partial charge on any atom is 0.341 e. The minimum Gasteiger partial charge on any atom is -0.481 e. The van der Waals surface area contributed by atoms with Gasteiger partial charge in [0, 0.05) is 21.0 Å². The second kappa shape index (κ2) is 9.51. The van der Waals surface area contributed by atoms with Gasteiger partial charge in [0.1, 0.15) is 16.3 Å². The smallest absolute Gasteiger partial charge is 0.341 e. The van der Waals surface area contributed by atoms with Crippen LogP contribution in [0, 0.1) is 6.92 Å². The van der Waals surface area contributed by atoms with E-state index in [4.69, 9.17) is 32.7 Å². The Hall–Kier alpha value is -2.54. The summed E-state index contributed by atoms with van der Waals surface area (Å²) in [4.78, 5) is 25.2. The van der Waals surface area contributed by atoms with Gasteiger partial charge in [-0.05, 0) is 55.3 Å². The molecule has 0 aliphatic heterocycles. The molecule has 2 aromatic carbocycles. The number of amides is 1. The summed E-state index contributed by atoms with van der Waals surface area (Å²) in [6.07, 6.45) is -0.795. The summed E-state index contributed by atoms with van der Waals surface area (Å²) < 4.78 is 10.7. The molecule has 0 fully saturated rings. The van der Waals surface area contributed by atoms with E-state index >= 15 is 0 Å². The third kappa shape index (κ3) is 4.95. The Morgan fingerprint density at radius 2 is 1.73 bits per heavy atom. The van der Waals surface area contributed by atoms with Gasteiger partial charge in [0.15, 0.2) is 6.10 Å². The van der Waals surface area contributed by atoms with Gasteiger partial charge >= 0.3 is 5.97 Å². The Balaban J connectivity index is 1.83. The number of nitrogens with one attached hydrogen (secondary N) is 1. The van der Waals surface area contributed by atoms with Gasteiger partial charge in [0.05, 0.1) is 7.11 Å². The van der Waals surface area contributed by atoms with Gasteiger partial charge in [-0.2, -0.15) is 0 Å². The number of carbonyl (C=O) groups excluding carboxylic acids is 2. The molecular formula is C22H19Cl2NO4S. The molecule has 1 atom stereocenters. The number of hydrogen-bond acceptors (Lipinski definition) is 5. The number of aryl methyl sites for hydroxylation is 1. The second-order valence-electron chi connectivity index (χ2n) is 6.51. The first-order chi connectivity index (χ1) is 14.3.